The van der Waals surface area contributed by atoms with E-state index >= 15 is 0 Å². The number of carbonyl (C=O) groups excluding carboxylic acids is 1. The first kappa shape index (κ1) is 23.0. The molecular weight excluding hydrogens is 469 g/mol. The van der Waals surface area contributed by atoms with Crippen LogP contribution in [0.5, 0.6) is 11.5 Å². The quantitative estimate of drug-likeness (QED) is 0.363. The van der Waals surface area contributed by atoms with Gasteiger partial charge in [-0.3, -0.25) is 9.69 Å². The Balaban J connectivity index is 1.34. The van der Waals surface area contributed by atoms with Crippen LogP contribution in [0.25, 0.3) is 6.08 Å². The maximum absolute atomic E-state index is 13.1. The predicted molar refractivity (Wildman–Crippen MR) is 136 cm³/mol. The van der Waals surface area contributed by atoms with E-state index in [2.05, 4.69) is 24.0 Å². The van der Waals surface area contributed by atoms with Crippen LogP contribution < -0.4 is 9.47 Å². The van der Waals surface area contributed by atoms with E-state index < -0.39 is 0 Å². The predicted octanol–water partition coefficient (Wildman–Crippen LogP) is 6.88. The number of hydrogen-bond donors (Lipinski definition) is 0. The van der Waals surface area contributed by atoms with Crippen molar-refractivity contribution in [3.8, 4) is 11.5 Å². The number of benzene rings is 3. The highest BCUT2D eigenvalue weighted by molar-refractivity contribution is 6.35. The van der Waals surface area contributed by atoms with E-state index in [1.807, 2.05) is 43.3 Å². The van der Waals surface area contributed by atoms with Gasteiger partial charge in [-0.2, -0.15) is 0 Å². The van der Waals surface area contributed by atoms with Crippen molar-refractivity contribution in [2.24, 2.45) is 0 Å². The fraction of sp³-hybridized carbons (Fsp3) is 0.250. The number of hydrogen-bond acceptors (Lipinski definition) is 4. The molecule has 0 atom stereocenters. The molecule has 174 valence electrons. The zero-order chi connectivity index (χ0) is 23.8. The highest BCUT2D eigenvalue weighted by Gasteiger charge is 2.33. The summed E-state index contributed by atoms with van der Waals surface area (Å²) < 4.78 is 12.1. The Hall–Kier alpha value is -2.79. The van der Waals surface area contributed by atoms with E-state index in [1.165, 1.54) is 5.56 Å². The summed E-state index contributed by atoms with van der Waals surface area (Å²) in [4.78, 5) is 15.3. The maximum Gasteiger partial charge on any atom is 0.231 e. The van der Waals surface area contributed by atoms with Gasteiger partial charge in [0, 0.05) is 34.3 Å². The molecule has 3 aromatic carbocycles. The first-order valence-corrected chi connectivity index (χ1v) is 12.2. The molecule has 4 nitrogen and oxygen atoms in total. The van der Waals surface area contributed by atoms with Crippen LogP contribution >= 0.6 is 23.2 Å². The smallest absolute Gasteiger partial charge is 0.231 e. The molecule has 0 amide bonds. The summed E-state index contributed by atoms with van der Waals surface area (Å²) in [5, 5.41) is 1.30. The van der Waals surface area contributed by atoms with E-state index in [1.54, 1.807) is 6.07 Å². The molecule has 2 heterocycles. The molecule has 0 fully saturated rings. The second kappa shape index (κ2) is 9.46. The van der Waals surface area contributed by atoms with Crippen LogP contribution in [0.2, 0.25) is 10.0 Å². The number of ether oxygens (including phenoxy) is 2. The molecule has 34 heavy (non-hydrogen) atoms. The minimum absolute atomic E-state index is 0.0921. The molecule has 0 unspecified atom stereocenters. The van der Waals surface area contributed by atoms with Gasteiger partial charge in [-0.1, -0.05) is 60.5 Å². The molecule has 5 rings (SSSR count). The summed E-state index contributed by atoms with van der Waals surface area (Å²) in [5.74, 6) is 1.66. The Morgan fingerprint density at radius 3 is 2.59 bits per heavy atom. The molecule has 0 bridgehead atoms. The first-order chi connectivity index (χ1) is 16.4. The summed E-state index contributed by atoms with van der Waals surface area (Å²) in [6.07, 6.45) is 3.57. The third-order valence-corrected chi connectivity index (χ3v) is 6.99. The van der Waals surface area contributed by atoms with Crippen LogP contribution in [-0.4, -0.2) is 24.0 Å². The molecule has 0 saturated carbocycles. The zero-order valence-corrected chi connectivity index (χ0v) is 20.7. The van der Waals surface area contributed by atoms with Crippen LogP contribution in [0, 0.1) is 6.92 Å². The lowest BCUT2D eigenvalue weighted by atomic mass is 9.99. The summed E-state index contributed by atoms with van der Waals surface area (Å²) in [7, 11) is 0. The Labute approximate surface area is 209 Å². The Kier molecular flexibility index (Phi) is 6.39. The first-order valence-electron chi connectivity index (χ1n) is 11.4. The SMILES string of the molecule is CCc1ccc(/C=C2\Oc3c(cc4c(c3C)OCN(CCc3ccc(Cl)cc3Cl)C4)C2=O)cc1. The number of rotatable bonds is 5. The van der Waals surface area contributed by atoms with Crippen LogP contribution in [0.1, 0.15) is 45.1 Å². The summed E-state index contributed by atoms with van der Waals surface area (Å²) >= 11 is 12.3. The van der Waals surface area contributed by atoms with Crippen LogP contribution in [-0.2, 0) is 19.4 Å². The summed E-state index contributed by atoms with van der Waals surface area (Å²) in [6, 6.07) is 15.7. The van der Waals surface area contributed by atoms with Gasteiger partial charge in [-0.05, 0) is 60.7 Å². The number of nitrogens with zero attached hydrogens (tertiary/aromatic N) is 1. The average Bonchev–Trinajstić information content (AvgIpc) is 3.14. The molecule has 2 aliphatic heterocycles. The zero-order valence-electron chi connectivity index (χ0n) is 19.2. The van der Waals surface area contributed by atoms with Crippen molar-refractivity contribution >= 4 is 35.1 Å². The van der Waals surface area contributed by atoms with Crippen LogP contribution in [0.4, 0.5) is 0 Å². The fourth-order valence-electron chi connectivity index (χ4n) is 4.44. The number of carbonyl (C=O) groups is 1. The molecule has 0 saturated heterocycles. The number of fused-ring (bicyclic) bond motifs is 2. The number of aryl methyl sites for hydroxylation is 1. The molecular formula is C28H25Cl2NO3. The normalized spacial score (nSPS) is 16.2. The van der Waals surface area contributed by atoms with Crippen molar-refractivity contribution in [3.05, 3.63) is 97.7 Å². The summed E-state index contributed by atoms with van der Waals surface area (Å²) in [6.45, 7) is 6.01. The van der Waals surface area contributed by atoms with Gasteiger partial charge in [-0.25, -0.2) is 0 Å². The van der Waals surface area contributed by atoms with Crippen molar-refractivity contribution in [1.29, 1.82) is 0 Å². The van der Waals surface area contributed by atoms with Crippen molar-refractivity contribution in [1.82, 2.24) is 4.90 Å². The van der Waals surface area contributed by atoms with Crippen molar-refractivity contribution in [2.45, 2.75) is 33.2 Å². The minimum Gasteiger partial charge on any atom is -0.477 e. The number of ketones is 1. The van der Waals surface area contributed by atoms with Crippen LogP contribution in [0.3, 0.4) is 0 Å². The molecule has 6 heteroatoms. The highest BCUT2D eigenvalue weighted by Crippen LogP contribution is 2.43. The number of Topliss-reactive ketones (excluding diaryl/α,β-unsaturated/α-hetero) is 1. The Morgan fingerprint density at radius 2 is 1.85 bits per heavy atom. The number of halogens is 2. The minimum atomic E-state index is -0.0921. The standard InChI is InChI=1S/C28H25Cl2NO3/c1-3-18-4-6-19(7-5-18)12-25-26(32)23-13-21-15-31(16-33-27(21)17(2)28(23)34-25)11-10-20-8-9-22(29)14-24(20)30/h4-9,12-14H,3,10-11,15-16H2,1-2H3/b25-12-. The lowest BCUT2D eigenvalue weighted by Gasteiger charge is -2.30. The van der Waals surface area contributed by atoms with Gasteiger partial charge in [0.2, 0.25) is 5.78 Å². The summed E-state index contributed by atoms with van der Waals surface area (Å²) in [5.41, 5.74) is 5.71. The third-order valence-electron chi connectivity index (χ3n) is 6.40. The van der Waals surface area contributed by atoms with E-state index in [0.29, 0.717) is 40.4 Å². The van der Waals surface area contributed by atoms with Crippen LogP contribution in [0.15, 0.2) is 54.3 Å². The Bertz CT molecular complexity index is 1300. The van der Waals surface area contributed by atoms with E-state index in [4.69, 9.17) is 32.7 Å². The lowest BCUT2D eigenvalue weighted by Crippen LogP contribution is -2.34. The van der Waals surface area contributed by atoms with Gasteiger partial charge in [0.05, 0.1) is 5.56 Å². The molecule has 2 aliphatic rings. The second-order valence-electron chi connectivity index (χ2n) is 8.71. The van der Waals surface area contributed by atoms with Crippen molar-refractivity contribution in [3.63, 3.8) is 0 Å². The number of allylic oxidation sites excluding steroid dienone is 1. The van der Waals surface area contributed by atoms with E-state index in [0.717, 1.165) is 47.4 Å². The molecule has 0 radical (unpaired) electrons. The molecule has 0 aliphatic carbocycles. The van der Waals surface area contributed by atoms with Gasteiger partial charge in [0.1, 0.15) is 18.2 Å². The topological polar surface area (TPSA) is 38.8 Å². The van der Waals surface area contributed by atoms with E-state index in [9.17, 15) is 4.79 Å². The van der Waals surface area contributed by atoms with Gasteiger partial charge >= 0.3 is 0 Å². The monoisotopic (exact) mass is 493 g/mol. The van der Waals surface area contributed by atoms with Gasteiger partial charge in [0.25, 0.3) is 0 Å². The molecule has 0 N–H and O–H groups in total. The molecule has 0 aromatic heterocycles. The average molecular weight is 494 g/mol. The molecule has 3 aromatic rings. The van der Waals surface area contributed by atoms with E-state index in [-0.39, 0.29) is 5.78 Å². The van der Waals surface area contributed by atoms with Gasteiger partial charge in [0.15, 0.2) is 5.76 Å². The maximum atomic E-state index is 13.1. The van der Waals surface area contributed by atoms with Gasteiger partial charge in [-0.15, -0.1) is 0 Å². The third kappa shape index (κ3) is 4.46. The van der Waals surface area contributed by atoms with Gasteiger partial charge < -0.3 is 9.47 Å². The highest BCUT2D eigenvalue weighted by atomic mass is 35.5. The fourth-order valence-corrected chi connectivity index (χ4v) is 4.95. The largest absolute Gasteiger partial charge is 0.477 e. The van der Waals surface area contributed by atoms with Crippen molar-refractivity contribution in [2.75, 3.05) is 13.3 Å². The lowest BCUT2D eigenvalue weighted by molar-refractivity contribution is 0.0954. The van der Waals surface area contributed by atoms with Crippen molar-refractivity contribution < 1.29 is 14.3 Å². The Morgan fingerprint density at radius 1 is 1.06 bits per heavy atom. The molecule has 0 spiro atoms. The second-order valence-corrected chi connectivity index (χ2v) is 9.56.